The van der Waals surface area contributed by atoms with Crippen molar-refractivity contribution in [1.29, 1.82) is 0 Å². The van der Waals surface area contributed by atoms with Crippen molar-refractivity contribution in [3.63, 3.8) is 0 Å². The molecule has 3 N–H and O–H groups in total. The van der Waals surface area contributed by atoms with Gasteiger partial charge in [0.05, 0.1) is 0 Å². The van der Waals surface area contributed by atoms with E-state index in [1.165, 1.54) is 12.8 Å². The van der Waals surface area contributed by atoms with Crippen molar-refractivity contribution >= 4 is 0 Å². The number of hydrogen-bond donors (Lipinski definition) is 3. The number of aromatic hydroxyl groups is 2. The first-order chi connectivity index (χ1) is 6.77. The van der Waals surface area contributed by atoms with Crippen molar-refractivity contribution in [2.24, 2.45) is 0 Å². The molecule has 1 aromatic carbocycles. The van der Waals surface area contributed by atoms with Crippen molar-refractivity contribution in [1.82, 2.24) is 5.32 Å². The van der Waals surface area contributed by atoms with E-state index in [9.17, 15) is 10.2 Å². The van der Waals surface area contributed by atoms with Gasteiger partial charge < -0.3 is 15.5 Å². The molecule has 1 fully saturated rings. The highest BCUT2D eigenvalue weighted by Crippen LogP contribution is 2.30. The maximum Gasteiger partial charge on any atom is 0.157 e. The fraction of sp³-hybridized carbons (Fsp3) is 0.455. The zero-order chi connectivity index (χ0) is 9.97. The molecule has 1 aromatic rings. The van der Waals surface area contributed by atoms with Gasteiger partial charge in [0.1, 0.15) is 0 Å². The van der Waals surface area contributed by atoms with Gasteiger partial charge in [-0.3, -0.25) is 0 Å². The molecule has 0 aromatic heterocycles. The molecule has 0 aliphatic carbocycles. The minimum absolute atomic E-state index is 0.0325. The SMILES string of the molecule is Oc1ccc([C@H]2CCCCN2)cc1O. The van der Waals surface area contributed by atoms with Gasteiger partial charge in [0, 0.05) is 6.04 Å². The summed E-state index contributed by atoms with van der Waals surface area (Å²) in [4.78, 5) is 0. The Balaban J connectivity index is 2.18. The van der Waals surface area contributed by atoms with E-state index in [2.05, 4.69) is 5.32 Å². The van der Waals surface area contributed by atoms with E-state index in [4.69, 9.17) is 0 Å². The Morgan fingerprint density at radius 1 is 1.14 bits per heavy atom. The minimum Gasteiger partial charge on any atom is -0.504 e. The van der Waals surface area contributed by atoms with Crippen LogP contribution < -0.4 is 5.32 Å². The lowest BCUT2D eigenvalue weighted by Gasteiger charge is -2.23. The van der Waals surface area contributed by atoms with E-state index in [0.717, 1.165) is 18.5 Å². The molecule has 0 radical (unpaired) electrons. The van der Waals surface area contributed by atoms with Gasteiger partial charge >= 0.3 is 0 Å². The molecule has 1 aliphatic heterocycles. The largest absolute Gasteiger partial charge is 0.504 e. The van der Waals surface area contributed by atoms with Crippen molar-refractivity contribution in [2.75, 3.05) is 6.54 Å². The third-order valence-electron chi connectivity index (χ3n) is 2.71. The molecule has 76 valence electrons. The summed E-state index contributed by atoms with van der Waals surface area (Å²) in [6.45, 7) is 1.03. The van der Waals surface area contributed by atoms with Crippen molar-refractivity contribution < 1.29 is 10.2 Å². The zero-order valence-electron chi connectivity index (χ0n) is 8.03. The highest BCUT2D eigenvalue weighted by atomic mass is 16.3. The summed E-state index contributed by atoms with van der Waals surface area (Å²) in [7, 11) is 0. The van der Waals surface area contributed by atoms with Crippen LogP contribution in [0, 0.1) is 0 Å². The highest BCUT2D eigenvalue weighted by molar-refractivity contribution is 5.41. The van der Waals surface area contributed by atoms with Crippen molar-refractivity contribution in [2.45, 2.75) is 25.3 Å². The van der Waals surface area contributed by atoms with Crippen LogP contribution >= 0.6 is 0 Å². The van der Waals surface area contributed by atoms with Crippen LogP contribution in [-0.2, 0) is 0 Å². The average Bonchev–Trinajstić information content (AvgIpc) is 2.23. The third kappa shape index (κ3) is 1.82. The molecule has 14 heavy (non-hydrogen) atoms. The molecule has 0 amide bonds. The van der Waals surface area contributed by atoms with E-state index in [1.807, 2.05) is 6.07 Å². The molecule has 1 atom stereocenters. The van der Waals surface area contributed by atoms with Crippen molar-refractivity contribution in [3.05, 3.63) is 23.8 Å². The number of nitrogens with one attached hydrogen (secondary N) is 1. The summed E-state index contributed by atoms with van der Waals surface area (Å²) >= 11 is 0. The summed E-state index contributed by atoms with van der Waals surface area (Å²) in [6, 6.07) is 5.37. The number of rotatable bonds is 1. The molecule has 1 aliphatic rings. The Kier molecular flexibility index (Phi) is 2.59. The molecule has 1 saturated heterocycles. The van der Waals surface area contributed by atoms with Crippen LogP contribution in [0.1, 0.15) is 30.9 Å². The molecule has 0 bridgehead atoms. The second kappa shape index (κ2) is 3.88. The predicted octanol–water partition coefficient (Wildman–Crippen LogP) is 1.91. The zero-order valence-corrected chi connectivity index (χ0v) is 8.03. The third-order valence-corrected chi connectivity index (χ3v) is 2.71. The van der Waals surface area contributed by atoms with Gasteiger partial charge in [0.2, 0.25) is 0 Å². The topological polar surface area (TPSA) is 52.5 Å². The van der Waals surface area contributed by atoms with Crippen LogP contribution in [0.15, 0.2) is 18.2 Å². The molecule has 3 heteroatoms. The van der Waals surface area contributed by atoms with E-state index >= 15 is 0 Å². The fourth-order valence-electron chi connectivity index (χ4n) is 1.89. The lowest BCUT2D eigenvalue weighted by molar-refractivity contribution is 0.393. The number of phenolic OH excluding ortho intramolecular Hbond substituents is 2. The lowest BCUT2D eigenvalue weighted by Crippen LogP contribution is -2.26. The second-order valence-corrected chi connectivity index (χ2v) is 3.75. The molecular formula is C11H15NO2. The standard InChI is InChI=1S/C11H15NO2/c13-10-5-4-8(7-11(10)14)9-3-1-2-6-12-9/h4-5,7,9,12-14H,1-3,6H2/t9-/m1/s1. The average molecular weight is 193 g/mol. The molecular weight excluding hydrogens is 178 g/mol. The van der Waals surface area contributed by atoms with Gasteiger partial charge in [0.25, 0.3) is 0 Å². The summed E-state index contributed by atoms with van der Waals surface area (Å²) < 4.78 is 0. The highest BCUT2D eigenvalue weighted by Gasteiger charge is 2.15. The summed E-state index contributed by atoms with van der Waals surface area (Å²) in [5.74, 6) is -0.0839. The molecule has 3 nitrogen and oxygen atoms in total. The Morgan fingerprint density at radius 2 is 2.00 bits per heavy atom. The van der Waals surface area contributed by atoms with Crippen LogP contribution in [0.2, 0.25) is 0 Å². The Morgan fingerprint density at radius 3 is 2.64 bits per heavy atom. The van der Waals surface area contributed by atoms with Crippen LogP contribution in [0.3, 0.4) is 0 Å². The van der Waals surface area contributed by atoms with Crippen LogP contribution in [-0.4, -0.2) is 16.8 Å². The second-order valence-electron chi connectivity index (χ2n) is 3.75. The Labute approximate surface area is 83.4 Å². The maximum absolute atomic E-state index is 9.35. The number of benzene rings is 1. The number of piperidine rings is 1. The molecule has 0 spiro atoms. The summed E-state index contributed by atoms with van der Waals surface area (Å²) in [5, 5.41) is 21.9. The smallest absolute Gasteiger partial charge is 0.157 e. The van der Waals surface area contributed by atoms with E-state index in [1.54, 1.807) is 12.1 Å². The first-order valence-corrected chi connectivity index (χ1v) is 5.02. The minimum atomic E-state index is -0.0513. The number of phenols is 2. The molecule has 0 saturated carbocycles. The Hall–Kier alpha value is -1.22. The molecule has 1 heterocycles. The fourth-order valence-corrected chi connectivity index (χ4v) is 1.89. The Bertz CT molecular complexity index is 319. The summed E-state index contributed by atoms with van der Waals surface area (Å²) in [5.41, 5.74) is 1.06. The molecule has 0 unspecified atom stereocenters. The van der Waals surface area contributed by atoms with Gasteiger partial charge in [0.15, 0.2) is 11.5 Å². The summed E-state index contributed by atoms with van der Waals surface area (Å²) in [6.07, 6.45) is 3.55. The van der Waals surface area contributed by atoms with Gasteiger partial charge in [-0.05, 0) is 37.1 Å². The van der Waals surface area contributed by atoms with Crippen LogP contribution in [0.5, 0.6) is 11.5 Å². The first kappa shape index (κ1) is 9.34. The van der Waals surface area contributed by atoms with Gasteiger partial charge in [-0.25, -0.2) is 0 Å². The first-order valence-electron chi connectivity index (χ1n) is 5.02. The van der Waals surface area contributed by atoms with Gasteiger partial charge in [-0.2, -0.15) is 0 Å². The van der Waals surface area contributed by atoms with E-state index < -0.39 is 0 Å². The molecule has 2 rings (SSSR count). The maximum atomic E-state index is 9.35. The van der Waals surface area contributed by atoms with E-state index in [0.29, 0.717) is 6.04 Å². The van der Waals surface area contributed by atoms with Gasteiger partial charge in [-0.1, -0.05) is 12.5 Å². The van der Waals surface area contributed by atoms with Gasteiger partial charge in [-0.15, -0.1) is 0 Å². The van der Waals surface area contributed by atoms with Crippen molar-refractivity contribution in [3.8, 4) is 11.5 Å². The quantitative estimate of drug-likeness (QED) is 0.597. The lowest BCUT2D eigenvalue weighted by atomic mass is 9.97. The van der Waals surface area contributed by atoms with E-state index in [-0.39, 0.29) is 11.5 Å². The van der Waals surface area contributed by atoms with Crippen LogP contribution in [0.4, 0.5) is 0 Å². The monoisotopic (exact) mass is 193 g/mol. The number of hydrogen-bond acceptors (Lipinski definition) is 3. The predicted molar refractivity (Wildman–Crippen MR) is 54.4 cm³/mol. The normalized spacial score (nSPS) is 22.1. The van der Waals surface area contributed by atoms with Crippen LogP contribution in [0.25, 0.3) is 0 Å².